The number of benzene rings is 1. The average molecular weight is 379 g/mol. The number of hydrogen-bond donors (Lipinski definition) is 1. The van der Waals surface area contributed by atoms with Crippen LogP contribution in [0.25, 0.3) is 27.3 Å². The molecular formula is C21H22N4OS. The molecule has 4 aromatic rings. The van der Waals surface area contributed by atoms with Crippen LogP contribution in [0.4, 0.5) is 0 Å². The first-order valence-electron chi connectivity index (χ1n) is 9.36. The summed E-state index contributed by atoms with van der Waals surface area (Å²) in [4.78, 5) is 11.9. The lowest BCUT2D eigenvalue weighted by atomic mass is 9.72. The van der Waals surface area contributed by atoms with E-state index >= 15 is 0 Å². The summed E-state index contributed by atoms with van der Waals surface area (Å²) in [5, 5.41) is 15.9. The molecule has 5 nitrogen and oxygen atoms in total. The number of hydrogen-bond acceptors (Lipinski definition) is 5. The molecule has 0 fully saturated rings. The van der Waals surface area contributed by atoms with Crippen molar-refractivity contribution in [2.24, 2.45) is 11.3 Å². The van der Waals surface area contributed by atoms with Crippen molar-refractivity contribution in [1.82, 2.24) is 19.6 Å². The summed E-state index contributed by atoms with van der Waals surface area (Å²) >= 11 is 1.80. The van der Waals surface area contributed by atoms with Crippen molar-refractivity contribution in [2.45, 2.75) is 40.0 Å². The predicted octanol–water partition coefficient (Wildman–Crippen LogP) is 4.86. The topological polar surface area (TPSA) is 63.3 Å². The fourth-order valence-electron chi connectivity index (χ4n) is 4.09. The van der Waals surface area contributed by atoms with Crippen molar-refractivity contribution in [1.29, 1.82) is 0 Å². The third-order valence-electron chi connectivity index (χ3n) is 5.76. The molecule has 3 heterocycles. The minimum atomic E-state index is 0.193. The Bertz CT molecular complexity index is 1170. The monoisotopic (exact) mass is 378 g/mol. The first-order valence-corrected chi connectivity index (χ1v) is 10.2. The number of aryl methyl sites for hydroxylation is 1. The molecule has 0 bridgehead atoms. The molecule has 0 saturated carbocycles. The van der Waals surface area contributed by atoms with Crippen molar-refractivity contribution in [3.05, 3.63) is 41.0 Å². The van der Waals surface area contributed by atoms with E-state index in [-0.39, 0.29) is 5.75 Å². The zero-order valence-corrected chi connectivity index (χ0v) is 16.5. The minimum Gasteiger partial charge on any atom is -0.507 e. The molecule has 6 heteroatoms. The maximum absolute atomic E-state index is 10.2. The summed E-state index contributed by atoms with van der Waals surface area (Å²) < 4.78 is 1.74. The van der Waals surface area contributed by atoms with E-state index in [4.69, 9.17) is 4.98 Å². The Kier molecular flexibility index (Phi) is 3.56. The molecule has 1 N–H and O–H groups in total. The molecule has 0 saturated heterocycles. The summed E-state index contributed by atoms with van der Waals surface area (Å²) in [5.41, 5.74) is 3.20. The lowest BCUT2D eigenvalue weighted by molar-refractivity contribution is 0.218. The second-order valence-electron chi connectivity index (χ2n) is 8.45. The number of phenolic OH excluding ortho intramolecular Hbond substituents is 1. The van der Waals surface area contributed by atoms with Gasteiger partial charge in [0.1, 0.15) is 16.9 Å². The van der Waals surface area contributed by atoms with Gasteiger partial charge in [0.05, 0.1) is 10.9 Å². The Balaban J connectivity index is 1.68. The zero-order valence-electron chi connectivity index (χ0n) is 15.7. The molecule has 27 heavy (non-hydrogen) atoms. The standard InChI is InChI=1S/C21H22N4OS/c1-21(2,3)12-8-9-14-16(10-12)27-20-17(14)19-23-18(24-25(19)11-22-20)13-6-4-5-7-15(13)26/h4-7,11-12,26H,8-10H2,1-3H3/t12-/m0/s1. The van der Waals surface area contributed by atoms with Crippen LogP contribution in [0.1, 0.15) is 37.6 Å². The number of phenols is 1. The zero-order chi connectivity index (χ0) is 18.8. The van der Waals surface area contributed by atoms with Crippen LogP contribution in [0.2, 0.25) is 0 Å². The van der Waals surface area contributed by atoms with Crippen molar-refractivity contribution in [3.63, 3.8) is 0 Å². The van der Waals surface area contributed by atoms with Crippen molar-refractivity contribution >= 4 is 27.2 Å². The number of fused-ring (bicyclic) bond motifs is 5. The molecule has 1 aliphatic rings. The molecule has 1 atom stereocenters. The van der Waals surface area contributed by atoms with Gasteiger partial charge in [-0.2, -0.15) is 0 Å². The molecule has 0 unspecified atom stereocenters. The normalized spacial score (nSPS) is 17.5. The molecule has 0 aliphatic heterocycles. The Morgan fingerprint density at radius 1 is 1.22 bits per heavy atom. The van der Waals surface area contributed by atoms with Gasteiger partial charge in [0, 0.05) is 4.88 Å². The van der Waals surface area contributed by atoms with Gasteiger partial charge in [-0.25, -0.2) is 14.5 Å². The van der Waals surface area contributed by atoms with E-state index in [9.17, 15) is 5.11 Å². The van der Waals surface area contributed by atoms with E-state index in [1.807, 2.05) is 12.1 Å². The Labute approximate surface area is 161 Å². The summed E-state index contributed by atoms with van der Waals surface area (Å²) in [5.74, 6) is 1.42. The smallest absolute Gasteiger partial charge is 0.185 e. The van der Waals surface area contributed by atoms with Crippen LogP contribution in [0.3, 0.4) is 0 Å². The lowest BCUT2D eigenvalue weighted by Gasteiger charge is -2.33. The largest absolute Gasteiger partial charge is 0.507 e. The minimum absolute atomic E-state index is 0.193. The maximum atomic E-state index is 10.2. The van der Waals surface area contributed by atoms with Gasteiger partial charge in [0.15, 0.2) is 11.5 Å². The van der Waals surface area contributed by atoms with Gasteiger partial charge in [0.2, 0.25) is 0 Å². The highest BCUT2D eigenvalue weighted by Crippen LogP contribution is 2.43. The Hall–Kier alpha value is -2.47. The predicted molar refractivity (Wildman–Crippen MR) is 108 cm³/mol. The molecular weight excluding hydrogens is 356 g/mol. The summed E-state index contributed by atoms with van der Waals surface area (Å²) in [7, 11) is 0. The van der Waals surface area contributed by atoms with Gasteiger partial charge in [-0.1, -0.05) is 32.9 Å². The van der Waals surface area contributed by atoms with E-state index < -0.39 is 0 Å². The number of aromatic nitrogens is 4. The lowest BCUT2D eigenvalue weighted by Crippen LogP contribution is -2.26. The van der Waals surface area contributed by atoms with Crippen LogP contribution < -0.4 is 0 Å². The fourth-order valence-corrected chi connectivity index (χ4v) is 5.35. The molecule has 1 aromatic carbocycles. The molecule has 0 spiro atoms. The van der Waals surface area contributed by atoms with Gasteiger partial charge >= 0.3 is 0 Å². The van der Waals surface area contributed by atoms with Crippen LogP contribution in [-0.4, -0.2) is 24.7 Å². The summed E-state index contributed by atoms with van der Waals surface area (Å²) in [6.07, 6.45) is 5.12. The number of para-hydroxylation sites is 1. The fraction of sp³-hybridized carbons (Fsp3) is 0.381. The van der Waals surface area contributed by atoms with Crippen molar-refractivity contribution < 1.29 is 5.11 Å². The third-order valence-corrected chi connectivity index (χ3v) is 6.92. The van der Waals surface area contributed by atoms with E-state index in [0.717, 1.165) is 28.7 Å². The first kappa shape index (κ1) is 16.7. The van der Waals surface area contributed by atoms with Gasteiger partial charge in [-0.3, -0.25) is 0 Å². The van der Waals surface area contributed by atoms with E-state index in [1.54, 1.807) is 34.3 Å². The second kappa shape index (κ2) is 5.76. The van der Waals surface area contributed by atoms with E-state index in [0.29, 0.717) is 22.7 Å². The average Bonchev–Trinajstić information content (AvgIpc) is 3.21. The number of nitrogens with zero attached hydrogens (tertiary/aromatic N) is 4. The highest BCUT2D eigenvalue weighted by Gasteiger charge is 2.31. The van der Waals surface area contributed by atoms with Gasteiger partial charge < -0.3 is 5.11 Å². The molecule has 3 aromatic heterocycles. The van der Waals surface area contributed by atoms with Crippen LogP contribution in [0, 0.1) is 11.3 Å². The molecule has 5 rings (SSSR count). The number of rotatable bonds is 1. The number of thiophene rings is 1. The van der Waals surface area contributed by atoms with Crippen molar-refractivity contribution in [3.8, 4) is 17.1 Å². The van der Waals surface area contributed by atoms with Crippen molar-refractivity contribution in [2.75, 3.05) is 0 Å². The van der Waals surface area contributed by atoms with Gasteiger partial charge in [0.25, 0.3) is 0 Å². The maximum Gasteiger partial charge on any atom is 0.185 e. The van der Waals surface area contributed by atoms with Crippen LogP contribution in [0.15, 0.2) is 30.6 Å². The van der Waals surface area contributed by atoms with Crippen LogP contribution in [0.5, 0.6) is 5.75 Å². The quantitative estimate of drug-likeness (QED) is 0.514. The molecule has 0 amide bonds. The Morgan fingerprint density at radius 3 is 2.81 bits per heavy atom. The van der Waals surface area contributed by atoms with Gasteiger partial charge in [-0.15, -0.1) is 16.4 Å². The highest BCUT2D eigenvalue weighted by atomic mass is 32.1. The molecule has 138 valence electrons. The number of aromatic hydroxyl groups is 1. The second-order valence-corrected chi connectivity index (χ2v) is 9.54. The van der Waals surface area contributed by atoms with E-state index in [1.165, 1.54) is 16.9 Å². The Morgan fingerprint density at radius 2 is 2.04 bits per heavy atom. The molecule has 0 radical (unpaired) electrons. The summed E-state index contributed by atoms with van der Waals surface area (Å²) in [6.45, 7) is 7.01. The van der Waals surface area contributed by atoms with Crippen LogP contribution >= 0.6 is 11.3 Å². The third kappa shape index (κ3) is 2.62. The SMILES string of the molecule is CC(C)(C)[C@H]1CCc2c(sc3ncn4nc(-c5ccccc5O)nc4c23)C1. The van der Waals surface area contributed by atoms with Crippen LogP contribution in [-0.2, 0) is 12.8 Å². The van der Waals surface area contributed by atoms with Gasteiger partial charge in [-0.05, 0) is 48.3 Å². The van der Waals surface area contributed by atoms with E-state index in [2.05, 4.69) is 30.9 Å². The first-order chi connectivity index (χ1) is 12.9. The highest BCUT2D eigenvalue weighted by molar-refractivity contribution is 7.19. The summed E-state index contributed by atoms with van der Waals surface area (Å²) in [6, 6.07) is 7.18. The molecule has 1 aliphatic carbocycles.